The molecule has 3 nitrogen and oxygen atoms in total. The Morgan fingerprint density at radius 2 is 2.06 bits per heavy atom. The van der Waals surface area contributed by atoms with Gasteiger partial charge in [-0.3, -0.25) is 0 Å². The van der Waals surface area contributed by atoms with Crippen LogP contribution in [-0.4, -0.2) is 6.54 Å². The summed E-state index contributed by atoms with van der Waals surface area (Å²) in [6, 6.07) is 9.53. The fourth-order valence-corrected chi connectivity index (χ4v) is 1.74. The molecule has 0 saturated carbocycles. The Hall–Kier alpha value is -1.71. The van der Waals surface area contributed by atoms with Crippen molar-refractivity contribution >= 4 is 17.3 Å². The molecule has 0 heterocycles. The molecular weight excluding hydrogens is 246 g/mol. The van der Waals surface area contributed by atoms with Gasteiger partial charge in [0, 0.05) is 11.6 Å². The maximum atomic E-state index is 8.96. The van der Waals surface area contributed by atoms with Crippen LogP contribution in [0.3, 0.4) is 0 Å². The van der Waals surface area contributed by atoms with Gasteiger partial charge in [0.25, 0.3) is 0 Å². The summed E-state index contributed by atoms with van der Waals surface area (Å²) < 4.78 is 0. The first-order valence-electron chi connectivity index (χ1n) is 5.83. The van der Waals surface area contributed by atoms with Crippen LogP contribution in [0.5, 0.6) is 0 Å². The Morgan fingerprint density at radius 3 is 2.67 bits per heavy atom. The highest BCUT2D eigenvalue weighted by atomic mass is 35.5. The summed E-state index contributed by atoms with van der Waals surface area (Å²) in [4.78, 5) is 0. The number of anilines is 1. The van der Waals surface area contributed by atoms with Crippen LogP contribution >= 0.6 is 11.6 Å². The molecule has 0 spiro atoms. The second kappa shape index (κ2) is 6.28. The lowest BCUT2D eigenvalue weighted by molar-refractivity contribution is 0.441. The first-order chi connectivity index (χ1) is 8.48. The number of benzene rings is 1. The third kappa shape index (κ3) is 4.28. The van der Waals surface area contributed by atoms with E-state index >= 15 is 0 Å². The number of halogens is 1. The Kier molecular flexibility index (Phi) is 5.01. The molecule has 94 valence electrons. The molecule has 0 aliphatic heterocycles. The van der Waals surface area contributed by atoms with E-state index in [0.717, 1.165) is 25.1 Å². The number of nitrogens with one attached hydrogen (secondary N) is 1. The van der Waals surface area contributed by atoms with Crippen molar-refractivity contribution in [2.45, 2.75) is 26.7 Å². The van der Waals surface area contributed by atoms with Crippen LogP contribution in [0.1, 0.15) is 32.3 Å². The van der Waals surface area contributed by atoms with E-state index in [4.69, 9.17) is 22.1 Å². The van der Waals surface area contributed by atoms with Crippen molar-refractivity contribution in [2.24, 2.45) is 5.41 Å². The maximum Gasteiger partial charge on any atom is 0.101 e. The lowest BCUT2D eigenvalue weighted by atomic mass is 9.90. The van der Waals surface area contributed by atoms with Crippen molar-refractivity contribution in [3.63, 3.8) is 0 Å². The molecule has 0 aliphatic rings. The minimum Gasteiger partial charge on any atom is -0.384 e. The van der Waals surface area contributed by atoms with Gasteiger partial charge in [0.05, 0.1) is 22.7 Å². The number of hydrogen-bond donors (Lipinski definition) is 1. The fourth-order valence-electron chi connectivity index (χ4n) is 1.57. The largest absolute Gasteiger partial charge is 0.384 e. The van der Waals surface area contributed by atoms with Crippen LogP contribution in [0.15, 0.2) is 18.2 Å². The normalized spacial score (nSPS) is 10.5. The highest BCUT2D eigenvalue weighted by Gasteiger charge is 2.15. The van der Waals surface area contributed by atoms with Gasteiger partial charge in [-0.2, -0.15) is 10.5 Å². The van der Waals surface area contributed by atoms with Gasteiger partial charge in [-0.15, -0.1) is 0 Å². The van der Waals surface area contributed by atoms with Crippen molar-refractivity contribution in [2.75, 3.05) is 11.9 Å². The van der Waals surface area contributed by atoms with Crippen LogP contribution in [0.2, 0.25) is 5.02 Å². The first-order valence-corrected chi connectivity index (χ1v) is 6.21. The van der Waals surface area contributed by atoms with Gasteiger partial charge in [0.2, 0.25) is 0 Å². The van der Waals surface area contributed by atoms with Crippen LogP contribution in [0, 0.1) is 28.1 Å². The standard InChI is InChI=1S/C14H16ClN3/c1-14(2,10-17)6-3-7-18-13-8-12(15)5-4-11(13)9-16/h4-5,8,18H,3,6-7H2,1-2H3. The summed E-state index contributed by atoms with van der Waals surface area (Å²) in [6.07, 6.45) is 1.69. The molecular formula is C14H16ClN3. The highest BCUT2D eigenvalue weighted by Crippen LogP contribution is 2.22. The number of nitrogens with zero attached hydrogens (tertiary/aromatic N) is 2. The Morgan fingerprint density at radius 1 is 1.33 bits per heavy atom. The van der Waals surface area contributed by atoms with E-state index in [-0.39, 0.29) is 5.41 Å². The molecule has 0 bridgehead atoms. The maximum absolute atomic E-state index is 8.96. The van der Waals surface area contributed by atoms with Gasteiger partial charge >= 0.3 is 0 Å². The summed E-state index contributed by atoms with van der Waals surface area (Å²) in [7, 11) is 0. The van der Waals surface area contributed by atoms with Crippen LogP contribution < -0.4 is 5.32 Å². The van der Waals surface area contributed by atoms with E-state index in [2.05, 4.69) is 17.5 Å². The van der Waals surface area contributed by atoms with E-state index in [1.165, 1.54) is 0 Å². The highest BCUT2D eigenvalue weighted by molar-refractivity contribution is 6.30. The predicted octanol–water partition coefficient (Wildman–Crippen LogP) is 3.95. The van der Waals surface area contributed by atoms with Gasteiger partial charge in [-0.25, -0.2) is 0 Å². The van der Waals surface area contributed by atoms with Gasteiger partial charge in [-0.1, -0.05) is 11.6 Å². The summed E-state index contributed by atoms with van der Waals surface area (Å²) in [5.74, 6) is 0. The molecule has 0 unspecified atom stereocenters. The van der Waals surface area contributed by atoms with Crippen molar-refractivity contribution < 1.29 is 0 Å². The van der Waals surface area contributed by atoms with Crippen molar-refractivity contribution in [1.29, 1.82) is 10.5 Å². The van der Waals surface area contributed by atoms with E-state index in [1.54, 1.807) is 18.2 Å². The predicted molar refractivity (Wildman–Crippen MR) is 73.3 cm³/mol. The van der Waals surface area contributed by atoms with E-state index < -0.39 is 0 Å². The minimum atomic E-state index is -0.298. The molecule has 0 saturated heterocycles. The molecule has 0 fully saturated rings. The van der Waals surface area contributed by atoms with Crippen LogP contribution in [0.25, 0.3) is 0 Å². The molecule has 0 radical (unpaired) electrons. The fraction of sp³-hybridized carbons (Fsp3) is 0.429. The van der Waals surface area contributed by atoms with Crippen molar-refractivity contribution in [3.05, 3.63) is 28.8 Å². The number of nitriles is 2. The summed E-state index contributed by atoms with van der Waals surface area (Å²) in [6.45, 7) is 4.57. The average Bonchev–Trinajstić information content (AvgIpc) is 2.35. The monoisotopic (exact) mass is 261 g/mol. The molecule has 4 heteroatoms. The zero-order valence-electron chi connectivity index (χ0n) is 10.6. The van der Waals surface area contributed by atoms with E-state index in [0.29, 0.717) is 10.6 Å². The smallest absolute Gasteiger partial charge is 0.101 e. The molecule has 0 amide bonds. The van der Waals surface area contributed by atoms with Crippen molar-refractivity contribution in [3.8, 4) is 12.1 Å². The molecule has 1 aromatic rings. The molecule has 1 rings (SSSR count). The zero-order valence-corrected chi connectivity index (χ0v) is 11.4. The summed E-state index contributed by atoms with van der Waals surface area (Å²) in [5, 5.41) is 21.6. The van der Waals surface area contributed by atoms with Gasteiger partial charge in [0.1, 0.15) is 6.07 Å². The van der Waals surface area contributed by atoms with Crippen LogP contribution in [0.4, 0.5) is 5.69 Å². The molecule has 1 N–H and O–H groups in total. The average molecular weight is 262 g/mol. The second-order valence-electron chi connectivity index (χ2n) is 4.83. The number of rotatable bonds is 5. The van der Waals surface area contributed by atoms with Gasteiger partial charge in [-0.05, 0) is 44.9 Å². The molecule has 0 aliphatic carbocycles. The van der Waals surface area contributed by atoms with Crippen molar-refractivity contribution in [1.82, 2.24) is 0 Å². The van der Waals surface area contributed by atoms with E-state index in [1.807, 2.05) is 13.8 Å². The quantitative estimate of drug-likeness (QED) is 0.817. The Bertz CT molecular complexity index is 495. The third-order valence-corrected chi connectivity index (χ3v) is 2.93. The lowest BCUT2D eigenvalue weighted by Crippen LogP contribution is -2.11. The Labute approximate surface area is 113 Å². The summed E-state index contributed by atoms with van der Waals surface area (Å²) in [5.41, 5.74) is 1.03. The van der Waals surface area contributed by atoms with E-state index in [9.17, 15) is 0 Å². The minimum absolute atomic E-state index is 0.298. The molecule has 1 aromatic carbocycles. The third-order valence-electron chi connectivity index (χ3n) is 2.70. The Balaban J connectivity index is 2.53. The SMILES string of the molecule is CC(C)(C#N)CCCNc1cc(Cl)ccc1C#N. The van der Waals surface area contributed by atoms with Gasteiger partial charge < -0.3 is 5.32 Å². The zero-order chi connectivity index (χ0) is 13.6. The second-order valence-corrected chi connectivity index (χ2v) is 5.26. The topological polar surface area (TPSA) is 59.6 Å². The molecule has 0 atom stereocenters. The lowest BCUT2D eigenvalue weighted by Gasteiger charge is -2.15. The summed E-state index contributed by atoms with van der Waals surface area (Å²) >= 11 is 5.89. The molecule has 18 heavy (non-hydrogen) atoms. The van der Waals surface area contributed by atoms with Gasteiger partial charge in [0.15, 0.2) is 0 Å². The van der Waals surface area contributed by atoms with Crippen LogP contribution in [-0.2, 0) is 0 Å². The first kappa shape index (κ1) is 14.4. The number of hydrogen-bond acceptors (Lipinski definition) is 3. The molecule has 0 aromatic heterocycles.